The Morgan fingerprint density at radius 2 is 2.00 bits per heavy atom. The molecular formula is C28H28N2O4. The second kappa shape index (κ2) is 7.76. The van der Waals surface area contributed by atoms with Gasteiger partial charge in [0.05, 0.1) is 30.1 Å². The molecule has 2 heterocycles. The van der Waals surface area contributed by atoms with Crippen LogP contribution in [0.5, 0.6) is 0 Å². The zero-order valence-electron chi connectivity index (χ0n) is 19.4. The summed E-state index contributed by atoms with van der Waals surface area (Å²) in [5, 5.41) is 5.31. The summed E-state index contributed by atoms with van der Waals surface area (Å²) in [5.74, 6) is 1.28. The Hall–Kier alpha value is -3.54. The van der Waals surface area contributed by atoms with Gasteiger partial charge in [-0.15, -0.1) is 0 Å². The van der Waals surface area contributed by atoms with E-state index in [-0.39, 0.29) is 23.3 Å². The summed E-state index contributed by atoms with van der Waals surface area (Å²) in [7, 11) is 1.46. The van der Waals surface area contributed by atoms with E-state index in [0.29, 0.717) is 23.9 Å². The van der Waals surface area contributed by atoms with Crippen molar-refractivity contribution in [3.63, 3.8) is 0 Å². The first-order valence-corrected chi connectivity index (χ1v) is 11.9. The van der Waals surface area contributed by atoms with Crippen LogP contribution in [-0.2, 0) is 16.1 Å². The SMILES string of the molecule is COC(=O)[C@]12CCC1[C@H](C(C)NC(=O)c1cccc3ccn(Cc4cc5ccccc5o4)c13)C2. The van der Waals surface area contributed by atoms with Crippen molar-refractivity contribution in [1.82, 2.24) is 9.88 Å². The van der Waals surface area contributed by atoms with Gasteiger partial charge in [-0.1, -0.05) is 30.3 Å². The molecule has 4 atom stereocenters. The molecule has 34 heavy (non-hydrogen) atoms. The Balaban J connectivity index is 1.23. The van der Waals surface area contributed by atoms with Gasteiger partial charge in [-0.05, 0) is 62.3 Å². The number of nitrogens with one attached hydrogen (secondary N) is 1. The van der Waals surface area contributed by atoms with Crippen LogP contribution in [0, 0.1) is 17.3 Å². The van der Waals surface area contributed by atoms with Gasteiger partial charge in [-0.3, -0.25) is 9.59 Å². The number of benzene rings is 2. The van der Waals surface area contributed by atoms with Gasteiger partial charge in [-0.2, -0.15) is 0 Å². The number of carbonyl (C=O) groups excluding carboxylic acids is 2. The van der Waals surface area contributed by atoms with Crippen LogP contribution in [0.2, 0.25) is 0 Å². The molecule has 2 aliphatic carbocycles. The third kappa shape index (κ3) is 3.08. The first-order valence-electron chi connectivity index (χ1n) is 11.9. The van der Waals surface area contributed by atoms with E-state index in [9.17, 15) is 9.59 Å². The summed E-state index contributed by atoms with van der Waals surface area (Å²) in [6.45, 7) is 2.60. The number of carbonyl (C=O) groups is 2. The lowest BCUT2D eigenvalue weighted by molar-refractivity contribution is -0.197. The van der Waals surface area contributed by atoms with Gasteiger partial charge in [0.2, 0.25) is 0 Å². The van der Waals surface area contributed by atoms with Crippen LogP contribution >= 0.6 is 0 Å². The molecule has 6 rings (SSSR count). The number of methoxy groups -OCH3 is 1. The molecule has 1 amide bonds. The van der Waals surface area contributed by atoms with Crippen LogP contribution in [0.4, 0.5) is 0 Å². The molecular weight excluding hydrogens is 428 g/mol. The lowest BCUT2D eigenvalue weighted by Gasteiger charge is -2.62. The van der Waals surface area contributed by atoms with E-state index in [2.05, 4.69) is 22.9 Å². The highest BCUT2D eigenvalue weighted by Crippen LogP contribution is 2.65. The lowest BCUT2D eigenvalue weighted by Crippen LogP contribution is -2.64. The lowest BCUT2D eigenvalue weighted by atomic mass is 9.41. The first-order chi connectivity index (χ1) is 16.5. The molecule has 2 saturated carbocycles. The molecule has 0 radical (unpaired) electrons. The largest absolute Gasteiger partial charge is 0.469 e. The summed E-state index contributed by atoms with van der Waals surface area (Å²) >= 11 is 0. The minimum Gasteiger partial charge on any atom is -0.469 e. The van der Waals surface area contributed by atoms with Gasteiger partial charge < -0.3 is 19.0 Å². The zero-order chi connectivity index (χ0) is 23.4. The van der Waals surface area contributed by atoms with Gasteiger partial charge in [0.1, 0.15) is 11.3 Å². The van der Waals surface area contributed by atoms with Crippen molar-refractivity contribution in [2.75, 3.05) is 7.11 Å². The molecule has 2 fully saturated rings. The number of hydrogen-bond acceptors (Lipinski definition) is 4. The van der Waals surface area contributed by atoms with Crippen LogP contribution in [0.15, 0.2) is 65.2 Å². The van der Waals surface area contributed by atoms with Gasteiger partial charge in [-0.25, -0.2) is 0 Å². The highest BCUT2D eigenvalue weighted by Gasteiger charge is 2.65. The van der Waals surface area contributed by atoms with Gasteiger partial charge in [0.25, 0.3) is 5.91 Å². The van der Waals surface area contributed by atoms with E-state index in [4.69, 9.17) is 9.15 Å². The number of hydrogen-bond donors (Lipinski definition) is 1. The molecule has 2 aromatic heterocycles. The fourth-order valence-electron chi connectivity index (χ4n) is 6.25. The summed E-state index contributed by atoms with van der Waals surface area (Å²) < 4.78 is 13.1. The first kappa shape index (κ1) is 21.0. The molecule has 4 aromatic rings. The number of para-hydroxylation sites is 2. The quantitative estimate of drug-likeness (QED) is 0.408. The summed E-state index contributed by atoms with van der Waals surface area (Å²) in [4.78, 5) is 25.6. The summed E-state index contributed by atoms with van der Waals surface area (Å²) in [5.41, 5.74) is 2.10. The van der Waals surface area contributed by atoms with Crippen molar-refractivity contribution < 1.29 is 18.7 Å². The smallest absolute Gasteiger partial charge is 0.312 e. The second-order valence-corrected chi connectivity index (χ2v) is 9.86. The van der Waals surface area contributed by atoms with E-state index >= 15 is 0 Å². The maximum atomic E-state index is 13.4. The van der Waals surface area contributed by atoms with Gasteiger partial charge in [0, 0.05) is 23.0 Å². The number of furan rings is 1. The van der Waals surface area contributed by atoms with Crippen molar-refractivity contribution >= 4 is 33.7 Å². The number of fused-ring (bicyclic) bond motifs is 3. The van der Waals surface area contributed by atoms with Gasteiger partial charge in [0.15, 0.2) is 0 Å². The Morgan fingerprint density at radius 1 is 1.18 bits per heavy atom. The normalized spacial score (nSPS) is 24.2. The Kier molecular flexibility index (Phi) is 4.80. The second-order valence-electron chi connectivity index (χ2n) is 9.86. The van der Waals surface area contributed by atoms with Crippen molar-refractivity contribution in [3.05, 3.63) is 72.1 Å². The number of amides is 1. The van der Waals surface area contributed by atoms with E-state index < -0.39 is 0 Å². The highest BCUT2D eigenvalue weighted by molar-refractivity contribution is 6.06. The zero-order valence-corrected chi connectivity index (χ0v) is 19.4. The molecule has 2 aliphatic rings. The molecule has 0 aliphatic heterocycles. The van der Waals surface area contributed by atoms with Crippen LogP contribution in [0.25, 0.3) is 21.9 Å². The van der Waals surface area contributed by atoms with Gasteiger partial charge >= 0.3 is 5.97 Å². The predicted molar refractivity (Wildman–Crippen MR) is 129 cm³/mol. The van der Waals surface area contributed by atoms with Crippen LogP contribution in [0.1, 0.15) is 42.3 Å². The topological polar surface area (TPSA) is 73.5 Å². The number of esters is 1. The molecule has 6 heteroatoms. The van der Waals surface area contributed by atoms with Crippen molar-refractivity contribution in [2.45, 2.75) is 38.8 Å². The summed E-state index contributed by atoms with van der Waals surface area (Å²) in [6, 6.07) is 17.9. The molecule has 0 saturated heterocycles. The molecule has 174 valence electrons. The van der Waals surface area contributed by atoms with Crippen molar-refractivity contribution in [2.24, 2.45) is 17.3 Å². The number of rotatable bonds is 6. The predicted octanol–water partition coefficient (Wildman–Crippen LogP) is 5.14. The van der Waals surface area contributed by atoms with E-state index in [1.54, 1.807) is 0 Å². The molecule has 6 nitrogen and oxygen atoms in total. The maximum absolute atomic E-state index is 13.4. The third-order valence-corrected chi connectivity index (χ3v) is 8.16. The van der Waals surface area contributed by atoms with E-state index in [0.717, 1.165) is 46.9 Å². The fraction of sp³-hybridized carbons (Fsp3) is 0.357. The molecule has 2 aromatic carbocycles. The Labute approximate surface area is 197 Å². The maximum Gasteiger partial charge on any atom is 0.312 e. The average Bonchev–Trinajstić information content (AvgIpc) is 3.43. The molecule has 1 N–H and O–H groups in total. The summed E-state index contributed by atoms with van der Waals surface area (Å²) in [6.07, 6.45) is 4.72. The van der Waals surface area contributed by atoms with E-state index in [1.807, 2.05) is 54.7 Å². The van der Waals surface area contributed by atoms with Crippen LogP contribution in [0.3, 0.4) is 0 Å². The van der Waals surface area contributed by atoms with Crippen LogP contribution < -0.4 is 5.32 Å². The van der Waals surface area contributed by atoms with Crippen LogP contribution in [-0.4, -0.2) is 29.6 Å². The highest BCUT2D eigenvalue weighted by atomic mass is 16.5. The Bertz CT molecular complexity index is 1380. The number of nitrogens with zero attached hydrogens (tertiary/aromatic N) is 1. The number of ether oxygens (including phenoxy) is 1. The number of aromatic nitrogens is 1. The third-order valence-electron chi connectivity index (χ3n) is 8.16. The fourth-order valence-corrected chi connectivity index (χ4v) is 6.25. The standard InChI is InChI=1S/C28H28N2O4/c1-17(22-15-28(27(32)33-2)12-10-23(22)28)29-26(31)21-8-5-7-18-11-13-30(25(18)21)16-20-14-19-6-3-4-9-24(19)34-20/h3-9,11,13-14,17,22-23H,10,12,15-16H2,1-2H3,(H,29,31)/t17?,22-,23?,28-/m0/s1. The molecule has 0 bridgehead atoms. The molecule has 0 spiro atoms. The minimum atomic E-state index is -0.306. The molecule has 2 unspecified atom stereocenters. The minimum absolute atomic E-state index is 0.00961. The van der Waals surface area contributed by atoms with E-state index in [1.165, 1.54) is 7.11 Å². The van der Waals surface area contributed by atoms with Crippen molar-refractivity contribution in [3.8, 4) is 0 Å². The Morgan fingerprint density at radius 3 is 2.74 bits per heavy atom. The average molecular weight is 457 g/mol. The van der Waals surface area contributed by atoms with Crippen molar-refractivity contribution in [1.29, 1.82) is 0 Å². The monoisotopic (exact) mass is 456 g/mol.